The average molecular weight is 234 g/mol. The summed E-state index contributed by atoms with van der Waals surface area (Å²) in [6.07, 6.45) is 6.22. The summed E-state index contributed by atoms with van der Waals surface area (Å²) in [6.45, 7) is 3.04. The van der Waals surface area contributed by atoms with Crippen molar-refractivity contribution in [1.29, 1.82) is 0 Å². The van der Waals surface area contributed by atoms with Crippen LogP contribution in [0.4, 0.5) is 0 Å². The third-order valence-corrected chi connectivity index (χ3v) is 2.70. The topological polar surface area (TPSA) is 51.2 Å². The quantitative estimate of drug-likeness (QED) is 0.781. The van der Waals surface area contributed by atoms with Crippen molar-refractivity contribution in [1.82, 2.24) is 10.3 Å². The van der Waals surface area contributed by atoms with Gasteiger partial charge < -0.3 is 14.2 Å². The Morgan fingerprint density at radius 1 is 1.41 bits per heavy atom. The molecule has 0 amide bonds. The Kier molecular flexibility index (Phi) is 3.98. The summed E-state index contributed by atoms with van der Waals surface area (Å²) in [4.78, 5) is 4.28. The van der Waals surface area contributed by atoms with E-state index in [1.807, 2.05) is 13.1 Å². The van der Waals surface area contributed by atoms with Gasteiger partial charge in [-0.15, -0.1) is 0 Å². The molecular formula is C13H18N2O2. The Morgan fingerprint density at radius 3 is 3.06 bits per heavy atom. The summed E-state index contributed by atoms with van der Waals surface area (Å²) in [5.74, 6) is 2.54. The maximum absolute atomic E-state index is 5.72. The summed E-state index contributed by atoms with van der Waals surface area (Å²) < 4.78 is 11.1. The van der Waals surface area contributed by atoms with Gasteiger partial charge in [0, 0.05) is 12.8 Å². The first kappa shape index (κ1) is 11.9. The molecule has 0 radical (unpaired) electrons. The van der Waals surface area contributed by atoms with E-state index >= 15 is 0 Å². The molecule has 0 aromatic carbocycles. The highest BCUT2D eigenvalue weighted by molar-refractivity contribution is 5.58. The Labute approximate surface area is 101 Å². The Balaban J connectivity index is 2.07. The van der Waals surface area contributed by atoms with E-state index in [-0.39, 0.29) is 0 Å². The van der Waals surface area contributed by atoms with Gasteiger partial charge >= 0.3 is 0 Å². The number of nitrogens with zero attached hydrogens (tertiary/aromatic N) is 1. The number of aromatic nitrogens is 1. The van der Waals surface area contributed by atoms with Crippen molar-refractivity contribution >= 4 is 0 Å². The van der Waals surface area contributed by atoms with Crippen molar-refractivity contribution in [3.05, 3.63) is 30.2 Å². The number of nitrogens with one attached hydrogen (secondary N) is 1. The second kappa shape index (κ2) is 5.68. The molecule has 2 aromatic heterocycles. The molecule has 0 unspecified atom stereocenters. The van der Waals surface area contributed by atoms with Crippen LogP contribution in [0.15, 0.2) is 27.4 Å². The number of hydrogen-bond acceptors (Lipinski definition) is 4. The molecule has 1 N–H and O–H groups in total. The van der Waals surface area contributed by atoms with E-state index in [0.717, 1.165) is 48.8 Å². The normalized spacial score (nSPS) is 10.9. The van der Waals surface area contributed by atoms with Gasteiger partial charge in [-0.3, -0.25) is 0 Å². The molecule has 2 rings (SSSR count). The van der Waals surface area contributed by atoms with Gasteiger partial charge in [-0.1, -0.05) is 6.92 Å². The highest BCUT2D eigenvalue weighted by atomic mass is 16.4. The molecule has 4 heteroatoms. The predicted molar refractivity (Wildman–Crippen MR) is 65.8 cm³/mol. The molecule has 0 aliphatic heterocycles. The van der Waals surface area contributed by atoms with E-state index in [1.54, 1.807) is 12.5 Å². The van der Waals surface area contributed by atoms with Crippen LogP contribution in [0.1, 0.15) is 25.0 Å². The van der Waals surface area contributed by atoms with E-state index in [0.29, 0.717) is 0 Å². The van der Waals surface area contributed by atoms with Crippen LogP contribution >= 0.6 is 0 Å². The monoisotopic (exact) mass is 234 g/mol. The molecule has 2 heterocycles. The summed E-state index contributed by atoms with van der Waals surface area (Å²) >= 11 is 0. The van der Waals surface area contributed by atoms with Crippen molar-refractivity contribution < 1.29 is 8.83 Å². The molecule has 2 aromatic rings. The average Bonchev–Trinajstić information content (AvgIpc) is 2.96. The van der Waals surface area contributed by atoms with E-state index in [1.165, 1.54) is 0 Å². The fourth-order valence-corrected chi connectivity index (χ4v) is 1.80. The zero-order valence-electron chi connectivity index (χ0n) is 10.3. The number of oxazole rings is 1. The highest BCUT2D eigenvalue weighted by Gasteiger charge is 2.12. The lowest BCUT2D eigenvalue weighted by molar-refractivity contribution is 0.489. The lowest BCUT2D eigenvalue weighted by Crippen LogP contribution is -2.08. The molecule has 0 aliphatic carbocycles. The van der Waals surface area contributed by atoms with Crippen molar-refractivity contribution in [2.75, 3.05) is 13.6 Å². The van der Waals surface area contributed by atoms with E-state index in [2.05, 4.69) is 17.2 Å². The summed E-state index contributed by atoms with van der Waals surface area (Å²) in [5, 5.41) is 3.11. The minimum Gasteiger partial charge on any atom is -0.469 e. The first-order valence-corrected chi connectivity index (χ1v) is 6.01. The molecule has 0 fully saturated rings. The number of rotatable bonds is 6. The fourth-order valence-electron chi connectivity index (χ4n) is 1.80. The molecule has 92 valence electrons. The molecule has 4 nitrogen and oxygen atoms in total. The van der Waals surface area contributed by atoms with Gasteiger partial charge in [0.05, 0.1) is 18.0 Å². The van der Waals surface area contributed by atoms with Crippen molar-refractivity contribution in [3.8, 4) is 11.3 Å². The van der Waals surface area contributed by atoms with Crippen LogP contribution in [0, 0.1) is 0 Å². The van der Waals surface area contributed by atoms with Crippen LogP contribution < -0.4 is 5.32 Å². The van der Waals surface area contributed by atoms with Gasteiger partial charge in [0.15, 0.2) is 11.7 Å². The van der Waals surface area contributed by atoms with Crippen LogP contribution in [0.3, 0.4) is 0 Å². The van der Waals surface area contributed by atoms with Gasteiger partial charge in [-0.2, -0.15) is 0 Å². The number of furan rings is 1. The van der Waals surface area contributed by atoms with Gasteiger partial charge in [0.2, 0.25) is 0 Å². The third kappa shape index (κ3) is 2.77. The van der Waals surface area contributed by atoms with Crippen LogP contribution in [-0.4, -0.2) is 18.6 Å². The van der Waals surface area contributed by atoms with Crippen molar-refractivity contribution in [2.45, 2.75) is 26.2 Å². The minimum atomic E-state index is 0.790. The molecule has 0 aliphatic rings. The zero-order valence-corrected chi connectivity index (χ0v) is 10.3. The smallest absolute Gasteiger partial charge is 0.194 e. The zero-order chi connectivity index (χ0) is 12.1. The highest BCUT2D eigenvalue weighted by Crippen LogP contribution is 2.26. The van der Waals surface area contributed by atoms with Crippen LogP contribution in [0.25, 0.3) is 11.3 Å². The summed E-state index contributed by atoms with van der Waals surface area (Å²) in [6, 6.07) is 1.93. The first-order valence-electron chi connectivity index (χ1n) is 6.01. The minimum absolute atomic E-state index is 0.790. The SMILES string of the molecule is CCc1occc1-c1cnc(CCCNC)o1. The third-order valence-electron chi connectivity index (χ3n) is 2.70. The Hall–Kier alpha value is -1.55. The molecule has 0 saturated heterocycles. The molecule has 0 atom stereocenters. The fraction of sp³-hybridized carbons (Fsp3) is 0.462. The lowest BCUT2D eigenvalue weighted by Gasteiger charge is -1.96. The van der Waals surface area contributed by atoms with Crippen molar-refractivity contribution in [2.24, 2.45) is 0 Å². The summed E-state index contributed by atoms with van der Waals surface area (Å²) in [5.41, 5.74) is 1.01. The Morgan fingerprint density at radius 2 is 2.29 bits per heavy atom. The second-order valence-corrected chi connectivity index (χ2v) is 3.94. The lowest BCUT2D eigenvalue weighted by atomic mass is 10.2. The van der Waals surface area contributed by atoms with Crippen LogP contribution in [0.5, 0.6) is 0 Å². The molecule has 17 heavy (non-hydrogen) atoms. The molecule has 0 bridgehead atoms. The standard InChI is InChI=1S/C13H18N2O2/c1-3-11-10(6-8-16-11)12-9-15-13(17-12)5-4-7-14-2/h6,8-9,14H,3-5,7H2,1-2H3. The van der Waals surface area contributed by atoms with E-state index in [4.69, 9.17) is 8.83 Å². The maximum atomic E-state index is 5.72. The van der Waals surface area contributed by atoms with E-state index in [9.17, 15) is 0 Å². The van der Waals surface area contributed by atoms with E-state index < -0.39 is 0 Å². The molecule has 0 saturated carbocycles. The largest absolute Gasteiger partial charge is 0.469 e. The number of hydrogen-bond donors (Lipinski definition) is 1. The van der Waals surface area contributed by atoms with Crippen LogP contribution in [0.2, 0.25) is 0 Å². The number of aryl methyl sites for hydroxylation is 2. The van der Waals surface area contributed by atoms with Crippen LogP contribution in [-0.2, 0) is 12.8 Å². The summed E-state index contributed by atoms with van der Waals surface area (Å²) in [7, 11) is 1.94. The molecule has 0 spiro atoms. The van der Waals surface area contributed by atoms with Gasteiger partial charge in [0.1, 0.15) is 5.76 Å². The van der Waals surface area contributed by atoms with Gasteiger partial charge in [-0.25, -0.2) is 4.98 Å². The second-order valence-electron chi connectivity index (χ2n) is 3.94. The maximum Gasteiger partial charge on any atom is 0.194 e. The molecular weight excluding hydrogens is 216 g/mol. The first-order chi connectivity index (χ1) is 8.35. The predicted octanol–water partition coefficient (Wildman–Crippen LogP) is 2.65. The van der Waals surface area contributed by atoms with Gasteiger partial charge in [0.25, 0.3) is 0 Å². The van der Waals surface area contributed by atoms with Crippen molar-refractivity contribution in [3.63, 3.8) is 0 Å². The Bertz CT molecular complexity index is 459. The van der Waals surface area contributed by atoms with Gasteiger partial charge in [-0.05, 0) is 26.1 Å².